The molecule has 84 valence electrons. The van der Waals surface area contributed by atoms with Crippen molar-refractivity contribution >= 4 is 23.4 Å². The summed E-state index contributed by atoms with van der Waals surface area (Å²) in [4.78, 5) is 8.26. The fourth-order valence-electron chi connectivity index (χ4n) is 1.27. The lowest BCUT2D eigenvalue weighted by Gasteiger charge is -2.06. The third-order valence-electron chi connectivity index (χ3n) is 1.94. The van der Waals surface area contributed by atoms with E-state index < -0.39 is 0 Å². The molecule has 0 saturated carbocycles. The number of nitrogens with zero attached hydrogens (tertiary/aromatic N) is 2. The minimum atomic E-state index is 0.522. The zero-order chi connectivity index (χ0) is 11.1. The molecule has 5 heteroatoms. The van der Waals surface area contributed by atoms with Gasteiger partial charge in [0.05, 0.1) is 0 Å². The van der Waals surface area contributed by atoms with Crippen LogP contribution in [0.5, 0.6) is 0 Å². The Balaban J connectivity index is 2.31. The summed E-state index contributed by atoms with van der Waals surface area (Å²) in [5.41, 5.74) is 5.62. The van der Waals surface area contributed by atoms with Crippen LogP contribution in [0.1, 0.15) is 18.7 Å². The number of thioether (sulfide) groups is 1. The molecule has 0 spiro atoms. The SMILES string of the molecule is CSCCCCNc1cc(N)nc(C)n1. The van der Waals surface area contributed by atoms with Gasteiger partial charge in [0, 0.05) is 12.6 Å². The Morgan fingerprint density at radius 1 is 1.40 bits per heavy atom. The number of nitrogens with one attached hydrogen (secondary N) is 1. The Morgan fingerprint density at radius 2 is 2.20 bits per heavy atom. The average Bonchev–Trinajstić information content (AvgIpc) is 2.16. The molecule has 1 aromatic heterocycles. The van der Waals surface area contributed by atoms with E-state index in [1.54, 1.807) is 6.07 Å². The molecule has 0 fully saturated rings. The lowest BCUT2D eigenvalue weighted by molar-refractivity contribution is 0.838. The van der Waals surface area contributed by atoms with E-state index in [0.29, 0.717) is 11.6 Å². The fourth-order valence-corrected chi connectivity index (χ4v) is 1.76. The van der Waals surface area contributed by atoms with Gasteiger partial charge in [-0.3, -0.25) is 0 Å². The molecular weight excluding hydrogens is 208 g/mol. The molecule has 0 aliphatic heterocycles. The molecule has 1 rings (SSSR count). The molecular formula is C10H18N4S. The predicted molar refractivity (Wildman–Crippen MR) is 67.3 cm³/mol. The van der Waals surface area contributed by atoms with Crippen LogP contribution >= 0.6 is 11.8 Å². The van der Waals surface area contributed by atoms with Crippen molar-refractivity contribution in [3.63, 3.8) is 0 Å². The monoisotopic (exact) mass is 226 g/mol. The number of nitrogen functional groups attached to an aromatic ring is 1. The van der Waals surface area contributed by atoms with Crippen LogP contribution in [0.3, 0.4) is 0 Å². The third kappa shape index (κ3) is 4.88. The average molecular weight is 226 g/mol. The van der Waals surface area contributed by atoms with E-state index >= 15 is 0 Å². The van der Waals surface area contributed by atoms with Crippen LogP contribution in [-0.4, -0.2) is 28.5 Å². The summed E-state index contributed by atoms with van der Waals surface area (Å²) in [6.45, 7) is 2.78. The predicted octanol–water partition coefficient (Wildman–Crippen LogP) is 1.92. The number of unbranched alkanes of at least 4 members (excludes halogenated alkanes) is 1. The Morgan fingerprint density at radius 3 is 2.87 bits per heavy atom. The van der Waals surface area contributed by atoms with Crippen LogP contribution < -0.4 is 11.1 Å². The first-order valence-corrected chi connectivity index (χ1v) is 6.45. The maximum absolute atomic E-state index is 5.62. The van der Waals surface area contributed by atoms with Gasteiger partial charge in [0.15, 0.2) is 0 Å². The van der Waals surface area contributed by atoms with Gasteiger partial charge in [-0.25, -0.2) is 9.97 Å². The molecule has 0 aliphatic rings. The van der Waals surface area contributed by atoms with Crippen LogP contribution in [0, 0.1) is 6.92 Å². The highest BCUT2D eigenvalue weighted by atomic mass is 32.2. The molecule has 0 radical (unpaired) electrons. The standard InChI is InChI=1S/C10H18N4S/c1-8-13-9(11)7-10(14-8)12-5-3-4-6-15-2/h7H,3-6H2,1-2H3,(H3,11,12,13,14). The van der Waals surface area contributed by atoms with Gasteiger partial charge in [0.2, 0.25) is 0 Å². The summed E-state index contributed by atoms with van der Waals surface area (Å²) in [7, 11) is 0. The van der Waals surface area contributed by atoms with Crippen molar-refractivity contribution in [3.05, 3.63) is 11.9 Å². The van der Waals surface area contributed by atoms with E-state index in [0.717, 1.165) is 18.8 Å². The normalized spacial score (nSPS) is 10.3. The second-order valence-electron chi connectivity index (χ2n) is 3.35. The Bertz CT molecular complexity index is 283. The van der Waals surface area contributed by atoms with Crippen molar-refractivity contribution in [2.75, 3.05) is 29.6 Å². The third-order valence-corrected chi connectivity index (χ3v) is 2.64. The molecule has 3 N–H and O–H groups in total. The first kappa shape index (κ1) is 12.1. The van der Waals surface area contributed by atoms with E-state index in [1.807, 2.05) is 18.7 Å². The summed E-state index contributed by atoms with van der Waals surface area (Å²) < 4.78 is 0. The maximum atomic E-state index is 5.62. The van der Waals surface area contributed by atoms with Crippen molar-refractivity contribution < 1.29 is 0 Å². The molecule has 0 amide bonds. The number of hydrogen-bond donors (Lipinski definition) is 2. The Kier molecular flexibility index (Phi) is 5.25. The Hall–Kier alpha value is -0.970. The highest BCUT2D eigenvalue weighted by Gasteiger charge is 1.97. The maximum Gasteiger partial charge on any atom is 0.131 e. The number of rotatable bonds is 6. The molecule has 0 aromatic carbocycles. The van der Waals surface area contributed by atoms with Gasteiger partial charge >= 0.3 is 0 Å². The summed E-state index contributed by atoms with van der Waals surface area (Å²) in [5.74, 6) is 3.27. The number of nitrogens with two attached hydrogens (primary N) is 1. The second kappa shape index (κ2) is 6.50. The van der Waals surface area contributed by atoms with Gasteiger partial charge < -0.3 is 11.1 Å². The number of hydrogen-bond acceptors (Lipinski definition) is 5. The lowest BCUT2D eigenvalue weighted by atomic mass is 10.3. The van der Waals surface area contributed by atoms with Gasteiger partial charge in [-0.15, -0.1) is 0 Å². The largest absolute Gasteiger partial charge is 0.384 e. The van der Waals surface area contributed by atoms with E-state index in [1.165, 1.54) is 12.2 Å². The van der Waals surface area contributed by atoms with E-state index in [-0.39, 0.29) is 0 Å². The first-order chi connectivity index (χ1) is 7.22. The van der Waals surface area contributed by atoms with Crippen LogP contribution in [0.25, 0.3) is 0 Å². The lowest BCUT2D eigenvalue weighted by Crippen LogP contribution is -2.06. The van der Waals surface area contributed by atoms with Crippen molar-refractivity contribution in [3.8, 4) is 0 Å². The summed E-state index contributed by atoms with van der Waals surface area (Å²) >= 11 is 1.88. The molecule has 0 bridgehead atoms. The molecule has 0 atom stereocenters. The van der Waals surface area contributed by atoms with Crippen molar-refractivity contribution in [2.45, 2.75) is 19.8 Å². The van der Waals surface area contributed by atoms with Gasteiger partial charge in [0.25, 0.3) is 0 Å². The van der Waals surface area contributed by atoms with Crippen LogP contribution in [-0.2, 0) is 0 Å². The minimum absolute atomic E-state index is 0.522. The Labute approximate surface area is 95.1 Å². The summed E-state index contributed by atoms with van der Waals surface area (Å²) in [6.07, 6.45) is 4.51. The number of aryl methyl sites for hydroxylation is 1. The van der Waals surface area contributed by atoms with Crippen molar-refractivity contribution in [1.29, 1.82) is 0 Å². The topological polar surface area (TPSA) is 63.8 Å². The van der Waals surface area contributed by atoms with Crippen LogP contribution in [0.15, 0.2) is 6.07 Å². The zero-order valence-electron chi connectivity index (χ0n) is 9.29. The summed E-state index contributed by atoms with van der Waals surface area (Å²) in [6, 6.07) is 1.77. The van der Waals surface area contributed by atoms with Crippen molar-refractivity contribution in [1.82, 2.24) is 9.97 Å². The molecule has 0 aliphatic carbocycles. The molecule has 4 nitrogen and oxygen atoms in total. The smallest absolute Gasteiger partial charge is 0.131 e. The molecule has 0 saturated heterocycles. The van der Waals surface area contributed by atoms with Crippen LogP contribution in [0.4, 0.5) is 11.6 Å². The van der Waals surface area contributed by atoms with Gasteiger partial charge in [0.1, 0.15) is 17.5 Å². The van der Waals surface area contributed by atoms with E-state index in [9.17, 15) is 0 Å². The quantitative estimate of drug-likeness (QED) is 0.726. The zero-order valence-corrected chi connectivity index (χ0v) is 10.1. The van der Waals surface area contributed by atoms with Gasteiger partial charge in [-0.2, -0.15) is 11.8 Å². The molecule has 0 unspecified atom stereocenters. The van der Waals surface area contributed by atoms with E-state index in [4.69, 9.17) is 5.73 Å². The number of aromatic nitrogens is 2. The van der Waals surface area contributed by atoms with Gasteiger partial charge in [-0.1, -0.05) is 0 Å². The fraction of sp³-hybridized carbons (Fsp3) is 0.600. The summed E-state index contributed by atoms with van der Waals surface area (Å²) in [5, 5.41) is 3.24. The van der Waals surface area contributed by atoms with Crippen LogP contribution in [0.2, 0.25) is 0 Å². The molecule has 15 heavy (non-hydrogen) atoms. The van der Waals surface area contributed by atoms with Crippen molar-refractivity contribution in [2.24, 2.45) is 0 Å². The minimum Gasteiger partial charge on any atom is -0.384 e. The highest BCUT2D eigenvalue weighted by molar-refractivity contribution is 7.98. The second-order valence-corrected chi connectivity index (χ2v) is 4.34. The first-order valence-electron chi connectivity index (χ1n) is 5.06. The molecule has 1 aromatic rings. The van der Waals surface area contributed by atoms with E-state index in [2.05, 4.69) is 21.5 Å². The van der Waals surface area contributed by atoms with Gasteiger partial charge in [-0.05, 0) is 31.8 Å². The number of anilines is 2. The highest BCUT2D eigenvalue weighted by Crippen LogP contribution is 2.08. The molecule has 1 heterocycles.